The van der Waals surface area contributed by atoms with Gasteiger partial charge >= 0.3 is 5.97 Å². The third kappa shape index (κ3) is 2.06. The van der Waals surface area contributed by atoms with Gasteiger partial charge in [0.1, 0.15) is 5.82 Å². The fourth-order valence-electron chi connectivity index (χ4n) is 1.63. The molecule has 0 amide bonds. The predicted molar refractivity (Wildman–Crippen MR) is 62.7 cm³/mol. The summed E-state index contributed by atoms with van der Waals surface area (Å²) >= 11 is 5.91. The van der Waals surface area contributed by atoms with Gasteiger partial charge < -0.3 is 5.11 Å². The quantitative estimate of drug-likeness (QED) is 0.928. The second-order valence-electron chi connectivity index (χ2n) is 3.55. The fourth-order valence-corrected chi connectivity index (χ4v) is 1.88. The molecule has 1 heterocycles. The van der Waals surface area contributed by atoms with E-state index in [-0.39, 0.29) is 10.7 Å². The highest BCUT2D eigenvalue weighted by molar-refractivity contribution is 6.32. The summed E-state index contributed by atoms with van der Waals surface area (Å²) in [5.74, 6) is -1.63. The number of hydrogen-bond donors (Lipinski definition) is 1. The van der Waals surface area contributed by atoms with Crippen LogP contribution in [0.5, 0.6) is 0 Å². The molecule has 0 aliphatic carbocycles. The van der Waals surface area contributed by atoms with E-state index >= 15 is 0 Å². The van der Waals surface area contributed by atoms with Crippen LogP contribution in [0.3, 0.4) is 0 Å². The van der Waals surface area contributed by atoms with Gasteiger partial charge in [0.05, 0.1) is 16.4 Å². The molecule has 18 heavy (non-hydrogen) atoms. The van der Waals surface area contributed by atoms with Crippen molar-refractivity contribution in [3.8, 4) is 5.69 Å². The summed E-state index contributed by atoms with van der Waals surface area (Å²) in [5, 5.41) is 16.4. The molecule has 0 spiro atoms. The summed E-state index contributed by atoms with van der Waals surface area (Å²) in [6.45, 7) is 1.78. The molecule has 0 bridgehead atoms. The summed E-state index contributed by atoms with van der Waals surface area (Å²) in [5.41, 5.74) is 0.684. The van der Waals surface area contributed by atoms with Gasteiger partial charge in [-0.3, -0.25) is 0 Å². The van der Waals surface area contributed by atoms with Gasteiger partial charge in [-0.2, -0.15) is 0 Å². The van der Waals surface area contributed by atoms with Crippen LogP contribution in [0.1, 0.15) is 23.1 Å². The van der Waals surface area contributed by atoms with Gasteiger partial charge in [-0.05, 0) is 24.6 Å². The van der Waals surface area contributed by atoms with E-state index in [0.29, 0.717) is 17.8 Å². The van der Waals surface area contributed by atoms with Crippen LogP contribution in [-0.4, -0.2) is 26.1 Å². The first kappa shape index (κ1) is 12.5. The van der Waals surface area contributed by atoms with E-state index in [2.05, 4.69) is 10.3 Å². The van der Waals surface area contributed by atoms with Crippen molar-refractivity contribution in [3.63, 3.8) is 0 Å². The Labute approximate surface area is 107 Å². The molecule has 0 aliphatic rings. The summed E-state index contributed by atoms with van der Waals surface area (Å²) in [4.78, 5) is 11.0. The molecule has 0 aliphatic heterocycles. The third-order valence-electron chi connectivity index (χ3n) is 2.44. The lowest BCUT2D eigenvalue weighted by atomic mass is 10.2. The molecule has 1 aromatic carbocycles. The smallest absolute Gasteiger partial charge is 0.358 e. The van der Waals surface area contributed by atoms with Gasteiger partial charge in [-0.15, -0.1) is 5.10 Å². The molecular formula is C11H9ClFN3O2. The first-order valence-electron chi connectivity index (χ1n) is 5.18. The molecule has 1 aromatic heterocycles. The Morgan fingerprint density at radius 1 is 1.56 bits per heavy atom. The van der Waals surface area contributed by atoms with Gasteiger partial charge in [0.15, 0.2) is 5.69 Å². The molecule has 1 N–H and O–H groups in total. The number of halogens is 2. The minimum Gasteiger partial charge on any atom is -0.476 e. The van der Waals surface area contributed by atoms with E-state index < -0.39 is 11.8 Å². The van der Waals surface area contributed by atoms with Crippen molar-refractivity contribution in [2.24, 2.45) is 0 Å². The molecule has 0 fully saturated rings. The largest absolute Gasteiger partial charge is 0.476 e. The third-order valence-corrected chi connectivity index (χ3v) is 2.74. The number of benzene rings is 1. The molecule has 7 heteroatoms. The molecule has 0 saturated carbocycles. The standard InChI is InChI=1S/C11H9ClFN3O2/c1-2-8-10(11(17)18)14-15-16(8)9-4-3-6(13)5-7(9)12/h3-5H,2H2,1H3,(H,17,18). The van der Waals surface area contributed by atoms with Gasteiger partial charge in [0.2, 0.25) is 0 Å². The number of aromatic carboxylic acids is 1. The van der Waals surface area contributed by atoms with Crippen molar-refractivity contribution in [1.82, 2.24) is 15.0 Å². The zero-order valence-electron chi connectivity index (χ0n) is 9.39. The summed E-state index contributed by atoms with van der Waals surface area (Å²) in [6.07, 6.45) is 0.419. The first-order chi connectivity index (χ1) is 8.54. The van der Waals surface area contributed by atoms with Crippen LogP contribution in [-0.2, 0) is 6.42 Å². The van der Waals surface area contributed by atoms with Crippen LogP contribution >= 0.6 is 11.6 Å². The highest BCUT2D eigenvalue weighted by Crippen LogP contribution is 2.23. The van der Waals surface area contributed by atoms with Crippen LogP contribution in [0.2, 0.25) is 5.02 Å². The van der Waals surface area contributed by atoms with Crippen molar-refractivity contribution in [2.45, 2.75) is 13.3 Å². The Kier molecular flexibility index (Phi) is 3.29. The second kappa shape index (κ2) is 4.73. The number of rotatable bonds is 3. The fraction of sp³-hybridized carbons (Fsp3) is 0.182. The van der Waals surface area contributed by atoms with Crippen LogP contribution < -0.4 is 0 Å². The lowest BCUT2D eigenvalue weighted by Gasteiger charge is -2.07. The summed E-state index contributed by atoms with van der Waals surface area (Å²) in [7, 11) is 0. The molecule has 5 nitrogen and oxygen atoms in total. The van der Waals surface area contributed by atoms with E-state index in [1.807, 2.05) is 0 Å². The van der Waals surface area contributed by atoms with E-state index in [0.717, 1.165) is 6.07 Å². The van der Waals surface area contributed by atoms with Crippen molar-refractivity contribution >= 4 is 17.6 Å². The first-order valence-corrected chi connectivity index (χ1v) is 5.55. The molecule has 0 unspecified atom stereocenters. The molecule has 2 aromatic rings. The molecule has 2 rings (SSSR count). The van der Waals surface area contributed by atoms with E-state index in [1.54, 1.807) is 6.92 Å². The lowest BCUT2D eigenvalue weighted by molar-refractivity contribution is 0.0689. The normalized spacial score (nSPS) is 10.6. The number of aromatic nitrogens is 3. The van der Waals surface area contributed by atoms with E-state index in [9.17, 15) is 9.18 Å². The second-order valence-corrected chi connectivity index (χ2v) is 3.96. The highest BCUT2D eigenvalue weighted by Gasteiger charge is 2.19. The molecular weight excluding hydrogens is 261 g/mol. The summed E-state index contributed by atoms with van der Waals surface area (Å²) < 4.78 is 14.3. The number of carboxylic acid groups (broad SMARTS) is 1. The lowest BCUT2D eigenvalue weighted by Crippen LogP contribution is -2.06. The maximum atomic E-state index is 13.0. The Balaban J connectivity index is 2.60. The van der Waals surface area contributed by atoms with E-state index in [4.69, 9.17) is 16.7 Å². The molecule has 0 saturated heterocycles. The number of carbonyl (C=O) groups is 1. The Hall–Kier alpha value is -1.95. The minimum absolute atomic E-state index is 0.127. The maximum absolute atomic E-state index is 13.0. The van der Waals surface area contributed by atoms with Crippen molar-refractivity contribution in [3.05, 3.63) is 40.4 Å². The topological polar surface area (TPSA) is 68.0 Å². The average molecular weight is 270 g/mol. The van der Waals surface area contributed by atoms with Crippen molar-refractivity contribution in [2.75, 3.05) is 0 Å². The SMILES string of the molecule is CCc1c(C(=O)O)nnn1-c1ccc(F)cc1Cl. The highest BCUT2D eigenvalue weighted by atomic mass is 35.5. The molecule has 0 radical (unpaired) electrons. The van der Waals surface area contributed by atoms with Crippen LogP contribution in [0.15, 0.2) is 18.2 Å². The minimum atomic E-state index is -1.16. The van der Waals surface area contributed by atoms with Crippen molar-refractivity contribution < 1.29 is 14.3 Å². The predicted octanol–water partition coefficient (Wildman–Crippen LogP) is 2.32. The summed E-state index contributed by atoms with van der Waals surface area (Å²) in [6, 6.07) is 3.79. The van der Waals surface area contributed by atoms with Gasteiger partial charge in [-0.1, -0.05) is 23.7 Å². The number of carboxylic acids is 1. The molecule has 0 atom stereocenters. The maximum Gasteiger partial charge on any atom is 0.358 e. The Bertz CT molecular complexity index is 612. The zero-order chi connectivity index (χ0) is 13.3. The zero-order valence-corrected chi connectivity index (χ0v) is 10.1. The Morgan fingerprint density at radius 3 is 2.83 bits per heavy atom. The number of nitrogens with zero attached hydrogens (tertiary/aromatic N) is 3. The van der Waals surface area contributed by atoms with Crippen LogP contribution in [0, 0.1) is 5.82 Å². The average Bonchev–Trinajstić information content (AvgIpc) is 2.72. The van der Waals surface area contributed by atoms with Crippen LogP contribution in [0.4, 0.5) is 4.39 Å². The van der Waals surface area contributed by atoms with Gasteiger partial charge in [0.25, 0.3) is 0 Å². The van der Waals surface area contributed by atoms with Gasteiger partial charge in [0, 0.05) is 0 Å². The van der Waals surface area contributed by atoms with Crippen molar-refractivity contribution in [1.29, 1.82) is 0 Å². The molecule has 94 valence electrons. The number of hydrogen-bond acceptors (Lipinski definition) is 3. The monoisotopic (exact) mass is 269 g/mol. The van der Waals surface area contributed by atoms with Gasteiger partial charge in [-0.25, -0.2) is 13.9 Å². The van der Waals surface area contributed by atoms with E-state index in [1.165, 1.54) is 16.8 Å². The Morgan fingerprint density at radius 2 is 2.28 bits per heavy atom. The van der Waals surface area contributed by atoms with Crippen LogP contribution in [0.25, 0.3) is 5.69 Å².